The topological polar surface area (TPSA) is 40.5 Å². The van der Waals surface area contributed by atoms with Crippen molar-refractivity contribution in [3.63, 3.8) is 0 Å². The fourth-order valence-corrected chi connectivity index (χ4v) is 6.34. The highest BCUT2D eigenvalue weighted by Gasteiger charge is 2.61. The largest absolute Gasteiger partial charge is 0.386 e. The first-order chi connectivity index (χ1) is 9.35. The van der Waals surface area contributed by atoms with Crippen molar-refractivity contribution in [2.45, 2.75) is 64.4 Å². The van der Waals surface area contributed by atoms with Crippen LogP contribution in [0.5, 0.6) is 0 Å². The average molecular weight is 277 g/mol. The molecule has 2 atom stereocenters. The first kappa shape index (κ1) is 13.1. The lowest BCUT2D eigenvalue weighted by Gasteiger charge is -2.62. The Hall–Kier alpha value is -0.570. The number of nitrogens with zero attached hydrogens (tertiary/aromatic N) is 1. The highest BCUT2D eigenvalue weighted by atomic mass is 16.3. The van der Waals surface area contributed by atoms with Crippen LogP contribution in [0.2, 0.25) is 0 Å². The summed E-state index contributed by atoms with van der Waals surface area (Å²) in [6.07, 6.45) is 8.16. The van der Waals surface area contributed by atoms with Crippen molar-refractivity contribution in [1.82, 2.24) is 4.90 Å². The van der Waals surface area contributed by atoms with E-state index in [2.05, 4.69) is 6.92 Å². The first-order valence-electron chi connectivity index (χ1n) is 8.37. The number of amides is 1. The normalized spacial score (nSPS) is 48.2. The molecule has 1 saturated heterocycles. The second kappa shape index (κ2) is 3.79. The summed E-state index contributed by atoms with van der Waals surface area (Å²) in [7, 11) is 0. The van der Waals surface area contributed by atoms with Gasteiger partial charge in [-0.25, -0.2) is 0 Å². The standard InChI is InChI=1S/C17H27NO2/c1-3-17(20)10-18(11-17)14(19)16-7-12-4-13(8-16)6-15(2,5-12)9-16/h12-13,20H,3-11H2,1-2H3. The van der Waals surface area contributed by atoms with Gasteiger partial charge in [0.1, 0.15) is 0 Å². The molecule has 5 aliphatic rings. The van der Waals surface area contributed by atoms with Crippen LogP contribution in [-0.4, -0.2) is 34.6 Å². The van der Waals surface area contributed by atoms with Gasteiger partial charge in [-0.1, -0.05) is 13.8 Å². The van der Waals surface area contributed by atoms with Crippen molar-refractivity contribution in [3.05, 3.63) is 0 Å². The molecular weight excluding hydrogens is 250 g/mol. The van der Waals surface area contributed by atoms with E-state index < -0.39 is 5.60 Å². The average Bonchev–Trinajstić information content (AvgIpc) is 2.31. The van der Waals surface area contributed by atoms with E-state index in [-0.39, 0.29) is 5.41 Å². The van der Waals surface area contributed by atoms with Crippen LogP contribution in [0.25, 0.3) is 0 Å². The van der Waals surface area contributed by atoms with Gasteiger partial charge in [-0.3, -0.25) is 4.79 Å². The van der Waals surface area contributed by atoms with Crippen LogP contribution < -0.4 is 0 Å². The Labute approximate surface area is 121 Å². The minimum absolute atomic E-state index is 0.0616. The molecule has 0 radical (unpaired) electrons. The van der Waals surface area contributed by atoms with Gasteiger partial charge in [0, 0.05) is 0 Å². The number of hydrogen-bond donors (Lipinski definition) is 1. The van der Waals surface area contributed by atoms with E-state index in [4.69, 9.17) is 0 Å². The van der Waals surface area contributed by atoms with Crippen LogP contribution >= 0.6 is 0 Å². The number of aliphatic hydroxyl groups is 1. The quantitative estimate of drug-likeness (QED) is 0.843. The number of carbonyl (C=O) groups is 1. The van der Waals surface area contributed by atoms with Crippen molar-refractivity contribution >= 4 is 5.91 Å². The number of carbonyl (C=O) groups excluding carboxylic acids is 1. The van der Waals surface area contributed by atoms with Crippen LogP contribution in [-0.2, 0) is 4.79 Å². The fourth-order valence-electron chi connectivity index (χ4n) is 6.34. The lowest BCUT2D eigenvalue weighted by atomic mass is 9.44. The zero-order valence-corrected chi connectivity index (χ0v) is 12.8. The molecule has 5 fully saturated rings. The molecule has 4 aliphatic carbocycles. The second-order valence-electron chi connectivity index (χ2n) is 8.79. The van der Waals surface area contributed by atoms with E-state index in [9.17, 15) is 9.90 Å². The Balaban J connectivity index is 1.55. The number of hydrogen-bond acceptors (Lipinski definition) is 2. The van der Waals surface area contributed by atoms with E-state index >= 15 is 0 Å². The molecule has 1 aliphatic heterocycles. The Kier molecular flexibility index (Phi) is 2.49. The highest BCUT2D eigenvalue weighted by Crippen LogP contribution is 2.65. The van der Waals surface area contributed by atoms with Gasteiger partial charge in [0.05, 0.1) is 24.1 Å². The molecule has 1 heterocycles. The van der Waals surface area contributed by atoms with Gasteiger partial charge in [-0.2, -0.15) is 0 Å². The third-order valence-electron chi connectivity index (χ3n) is 6.72. The molecule has 1 N–H and O–H groups in total. The Morgan fingerprint density at radius 2 is 1.80 bits per heavy atom. The van der Waals surface area contributed by atoms with E-state index in [1.165, 1.54) is 19.3 Å². The van der Waals surface area contributed by atoms with Crippen molar-refractivity contribution in [2.24, 2.45) is 22.7 Å². The second-order valence-corrected chi connectivity index (χ2v) is 8.79. The maximum Gasteiger partial charge on any atom is 0.229 e. The molecule has 5 rings (SSSR count). The molecule has 3 heteroatoms. The summed E-state index contributed by atoms with van der Waals surface area (Å²) in [5, 5.41) is 10.2. The zero-order chi connectivity index (χ0) is 14.2. The maximum atomic E-state index is 13.0. The summed E-state index contributed by atoms with van der Waals surface area (Å²) in [5.41, 5.74) is -0.235. The minimum atomic E-state index is -0.595. The van der Waals surface area contributed by atoms with E-state index in [0.717, 1.165) is 37.5 Å². The van der Waals surface area contributed by atoms with Gasteiger partial charge < -0.3 is 10.0 Å². The van der Waals surface area contributed by atoms with Crippen LogP contribution in [0, 0.1) is 22.7 Å². The van der Waals surface area contributed by atoms with Crippen LogP contribution in [0.15, 0.2) is 0 Å². The molecule has 112 valence electrons. The van der Waals surface area contributed by atoms with Crippen LogP contribution in [0.4, 0.5) is 0 Å². The summed E-state index contributed by atoms with van der Waals surface area (Å²) in [4.78, 5) is 15.0. The lowest BCUT2D eigenvalue weighted by Crippen LogP contribution is -2.67. The molecule has 4 saturated carbocycles. The molecule has 0 aromatic rings. The molecule has 0 aromatic carbocycles. The SMILES string of the molecule is CCC1(O)CN(C(=O)C23CC4CC(CC(C)(C4)C2)C3)C1. The number of rotatable bonds is 2. The van der Waals surface area contributed by atoms with Gasteiger partial charge in [0.2, 0.25) is 5.91 Å². The van der Waals surface area contributed by atoms with Crippen molar-refractivity contribution in [2.75, 3.05) is 13.1 Å². The van der Waals surface area contributed by atoms with Gasteiger partial charge in [-0.15, -0.1) is 0 Å². The summed E-state index contributed by atoms with van der Waals surface area (Å²) >= 11 is 0. The minimum Gasteiger partial charge on any atom is -0.386 e. The predicted octanol–water partition coefficient (Wildman–Crippen LogP) is 2.58. The van der Waals surface area contributed by atoms with Gasteiger partial charge >= 0.3 is 0 Å². The van der Waals surface area contributed by atoms with Crippen molar-refractivity contribution in [3.8, 4) is 0 Å². The Bertz CT molecular complexity index is 438. The Morgan fingerprint density at radius 1 is 1.20 bits per heavy atom. The van der Waals surface area contributed by atoms with Crippen LogP contribution in [0.3, 0.4) is 0 Å². The third-order valence-corrected chi connectivity index (χ3v) is 6.72. The van der Waals surface area contributed by atoms with E-state index in [0.29, 0.717) is 24.4 Å². The smallest absolute Gasteiger partial charge is 0.229 e. The van der Waals surface area contributed by atoms with Gasteiger partial charge in [-0.05, 0) is 62.2 Å². The van der Waals surface area contributed by atoms with Gasteiger partial charge in [0.15, 0.2) is 0 Å². The van der Waals surface area contributed by atoms with Gasteiger partial charge in [0.25, 0.3) is 0 Å². The highest BCUT2D eigenvalue weighted by molar-refractivity contribution is 5.84. The monoisotopic (exact) mass is 277 g/mol. The molecule has 3 nitrogen and oxygen atoms in total. The number of β-amino-alcohol motifs (C(OH)–C–C–N with tert-alkyl or cyclic N) is 1. The molecule has 20 heavy (non-hydrogen) atoms. The van der Waals surface area contributed by atoms with E-state index in [1.807, 2.05) is 11.8 Å². The molecular formula is C17H27NO2. The third kappa shape index (κ3) is 1.71. The molecule has 0 spiro atoms. The van der Waals surface area contributed by atoms with Crippen molar-refractivity contribution in [1.29, 1.82) is 0 Å². The molecule has 4 bridgehead atoms. The maximum absolute atomic E-state index is 13.0. The van der Waals surface area contributed by atoms with Crippen molar-refractivity contribution < 1.29 is 9.90 Å². The van der Waals surface area contributed by atoms with E-state index in [1.54, 1.807) is 0 Å². The molecule has 2 unspecified atom stereocenters. The summed E-state index contributed by atoms with van der Waals surface area (Å²) in [5.74, 6) is 1.95. The molecule has 0 aromatic heterocycles. The van der Waals surface area contributed by atoms with Crippen LogP contribution in [0.1, 0.15) is 58.8 Å². The predicted molar refractivity (Wildman–Crippen MR) is 77.0 cm³/mol. The summed E-state index contributed by atoms with van der Waals surface area (Å²) in [6, 6.07) is 0. The number of likely N-dealkylation sites (tertiary alicyclic amines) is 1. The molecule has 1 amide bonds. The fraction of sp³-hybridized carbons (Fsp3) is 0.941. The zero-order valence-electron chi connectivity index (χ0n) is 12.8. The first-order valence-corrected chi connectivity index (χ1v) is 8.37. The Morgan fingerprint density at radius 3 is 2.30 bits per heavy atom. The summed E-state index contributed by atoms with van der Waals surface area (Å²) in [6.45, 7) is 5.55. The summed E-state index contributed by atoms with van der Waals surface area (Å²) < 4.78 is 0. The lowest BCUT2D eigenvalue weighted by molar-refractivity contribution is -0.185.